The van der Waals surface area contributed by atoms with E-state index in [1.807, 2.05) is 54.9 Å². The number of anilines is 1. The van der Waals surface area contributed by atoms with Crippen LogP contribution in [-0.4, -0.2) is 36.4 Å². The van der Waals surface area contributed by atoms with E-state index in [2.05, 4.69) is 25.5 Å². The van der Waals surface area contributed by atoms with Crippen LogP contribution in [0.5, 0.6) is 0 Å². The van der Waals surface area contributed by atoms with Crippen LogP contribution < -0.4 is 5.32 Å². The molecule has 0 aliphatic heterocycles. The number of amides is 1. The molecule has 4 aromatic rings. The Morgan fingerprint density at radius 2 is 2.03 bits per heavy atom. The summed E-state index contributed by atoms with van der Waals surface area (Å²) in [5, 5.41) is 12.7. The zero-order valence-corrected chi connectivity index (χ0v) is 18.2. The van der Waals surface area contributed by atoms with Gasteiger partial charge in [0, 0.05) is 30.6 Å². The number of H-pyrrole nitrogens is 1. The Bertz CT molecular complexity index is 1170. The Kier molecular flexibility index (Phi) is 6.06. The molecule has 0 fully saturated rings. The van der Waals surface area contributed by atoms with Gasteiger partial charge < -0.3 is 14.9 Å². The summed E-state index contributed by atoms with van der Waals surface area (Å²) in [7, 11) is 1.91. The molecule has 2 N–H and O–H groups in total. The zero-order chi connectivity index (χ0) is 21.1. The van der Waals surface area contributed by atoms with Crippen molar-refractivity contribution >= 4 is 46.0 Å². The fourth-order valence-corrected chi connectivity index (χ4v) is 3.95. The molecule has 9 heteroatoms. The van der Waals surface area contributed by atoms with Gasteiger partial charge in [-0.2, -0.15) is 0 Å². The number of halogens is 1. The quantitative estimate of drug-likeness (QED) is 0.421. The highest BCUT2D eigenvalue weighted by molar-refractivity contribution is 7.99. The van der Waals surface area contributed by atoms with E-state index in [1.165, 1.54) is 11.8 Å². The molecule has 7 nitrogen and oxygen atoms in total. The molecule has 0 aliphatic rings. The highest BCUT2D eigenvalue weighted by atomic mass is 35.5. The topological polar surface area (TPSA) is 88.5 Å². The van der Waals surface area contributed by atoms with E-state index in [9.17, 15) is 4.79 Å². The second kappa shape index (κ2) is 8.89. The van der Waals surface area contributed by atoms with Gasteiger partial charge in [-0.25, -0.2) is 4.98 Å². The van der Waals surface area contributed by atoms with Gasteiger partial charge in [0.15, 0.2) is 5.16 Å². The van der Waals surface area contributed by atoms with Crippen molar-refractivity contribution in [1.82, 2.24) is 24.7 Å². The molecular weight excluding hydrogens is 420 g/mol. The third-order valence-corrected chi connectivity index (χ3v) is 6.16. The van der Waals surface area contributed by atoms with E-state index in [-0.39, 0.29) is 11.7 Å². The molecule has 0 bridgehead atoms. The third kappa shape index (κ3) is 4.66. The number of para-hydroxylation sites is 2. The maximum atomic E-state index is 12.3. The lowest BCUT2D eigenvalue weighted by atomic mass is 10.2. The number of hydrogen-bond acceptors (Lipinski definition) is 5. The SMILES string of the molecule is Cc1ccc(NC(=O)CSc2nnc(CCc3nc4ccccc4[nH]3)n2C)cc1Cl. The average Bonchev–Trinajstić information content (AvgIpc) is 3.30. The lowest BCUT2D eigenvalue weighted by Crippen LogP contribution is -2.14. The minimum atomic E-state index is -0.119. The normalized spacial score (nSPS) is 11.2. The fraction of sp³-hybridized carbons (Fsp3) is 0.238. The number of aromatic amines is 1. The van der Waals surface area contributed by atoms with Gasteiger partial charge in [-0.05, 0) is 36.8 Å². The summed E-state index contributed by atoms with van der Waals surface area (Å²) in [4.78, 5) is 20.2. The first-order chi connectivity index (χ1) is 14.5. The molecule has 0 radical (unpaired) electrons. The number of aryl methyl sites for hydroxylation is 3. The van der Waals surface area contributed by atoms with Crippen LogP contribution in [-0.2, 0) is 24.7 Å². The third-order valence-electron chi connectivity index (χ3n) is 4.74. The number of aromatic nitrogens is 5. The minimum Gasteiger partial charge on any atom is -0.342 e. The summed E-state index contributed by atoms with van der Waals surface area (Å²) < 4.78 is 1.92. The molecule has 4 rings (SSSR count). The van der Waals surface area contributed by atoms with Crippen LogP contribution in [0.3, 0.4) is 0 Å². The van der Waals surface area contributed by atoms with Crippen molar-refractivity contribution in [1.29, 1.82) is 0 Å². The van der Waals surface area contributed by atoms with E-state index >= 15 is 0 Å². The molecule has 0 aliphatic carbocycles. The Labute approximate surface area is 183 Å². The number of fused-ring (bicyclic) bond motifs is 1. The molecule has 30 heavy (non-hydrogen) atoms. The Morgan fingerprint density at radius 1 is 1.20 bits per heavy atom. The highest BCUT2D eigenvalue weighted by Crippen LogP contribution is 2.21. The number of rotatable bonds is 7. The van der Waals surface area contributed by atoms with E-state index in [0.29, 0.717) is 22.3 Å². The lowest BCUT2D eigenvalue weighted by molar-refractivity contribution is -0.113. The predicted molar refractivity (Wildman–Crippen MR) is 120 cm³/mol. The minimum absolute atomic E-state index is 0.119. The second-order valence-corrected chi connectivity index (χ2v) is 8.31. The number of benzene rings is 2. The molecule has 0 spiro atoms. The van der Waals surface area contributed by atoms with Crippen LogP contribution in [0.15, 0.2) is 47.6 Å². The predicted octanol–water partition coefficient (Wildman–Crippen LogP) is 4.17. The van der Waals surface area contributed by atoms with Crippen molar-refractivity contribution in [2.45, 2.75) is 24.9 Å². The molecule has 2 aromatic heterocycles. The first-order valence-electron chi connectivity index (χ1n) is 9.50. The molecule has 0 atom stereocenters. The lowest BCUT2D eigenvalue weighted by Gasteiger charge is -2.07. The van der Waals surface area contributed by atoms with E-state index < -0.39 is 0 Å². The van der Waals surface area contributed by atoms with Gasteiger partial charge in [-0.3, -0.25) is 4.79 Å². The van der Waals surface area contributed by atoms with Gasteiger partial charge in [0.25, 0.3) is 0 Å². The Morgan fingerprint density at radius 3 is 2.83 bits per heavy atom. The van der Waals surface area contributed by atoms with Gasteiger partial charge in [-0.1, -0.05) is 41.6 Å². The van der Waals surface area contributed by atoms with Crippen molar-refractivity contribution in [3.05, 3.63) is 64.7 Å². The van der Waals surface area contributed by atoms with Gasteiger partial charge in [0.2, 0.25) is 5.91 Å². The van der Waals surface area contributed by atoms with Crippen LogP contribution in [0.1, 0.15) is 17.2 Å². The van der Waals surface area contributed by atoms with Crippen molar-refractivity contribution < 1.29 is 4.79 Å². The van der Waals surface area contributed by atoms with Crippen molar-refractivity contribution in [3.8, 4) is 0 Å². The smallest absolute Gasteiger partial charge is 0.234 e. The number of imidazole rings is 1. The van der Waals surface area contributed by atoms with Crippen LogP contribution in [0.4, 0.5) is 5.69 Å². The summed E-state index contributed by atoms with van der Waals surface area (Å²) >= 11 is 7.45. The van der Waals surface area contributed by atoms with Gasteiger partial charge >= 0.3 is 0 Å². The largest absolute Gasteiger partial charge is 0.342 e. The fourth-order valence-electron chi connectivity index (χ4n) is 3.04. The van der Waals surface area contributed by atoms with Gasteiger partial charge in [-0.15, -0.1) is 10.2 Å². The number of nitrogens with zero attached hydrogens (tertiary/aromatic N) is 4. The Hall–Kier alpha value is -2.84. The maximum Gasteiger partial charge on any atom is 0.234 e. The van der Waals surface area contributed by atoms with E-state index in [1.54, 1.807) is 6.07 Å². The second-order valence-electron chi connectivity index (χ2n) is 6.96. The monoisotopic (exact) mass is 440 g/mol. The summed E-state index contributed by atoms with van der Waals surface area (Å²) in [6, 6.07) is 13.4. The number of thioether (sulfide) groups is 1. The zero-order valence-electron chi connectivity index (χ0n) is 16.6. The van der Waals surface area contributed by atoms with Gasteiger partial charge in [0.1, 0.15) is 11.6 Å². The van der Waals surface area contributed by atoms with Crippen LogP contribution in [0.25, 0.3) is 11.0 Å². The molecule has 154 valence electrons. The molecule has 2 heterocycles. The van der Waals surface area contributed by atoms with Crippen LogP contribution >= 0.6 is 23.4 Å². The van der Waals surface area contributed by atoms with E-state index in [0.717, 1.165) is 34.7 Å². The highest BCUT2D eigenvalue weighted by Gasteiger charge is 2.13. The number of carbonyl (C=O) groups is 1. The standard InChI is InChI=1S/C21H21ClN6OS/c1-13-7-8-14(11-15(13)22)23-20(29)12-30-21-27-26-19(28(21)2)10-9-18-24-16-5-3-4-6-17(16)25-18/h3-8,11H,9-10,12H2,1-2H3,(H,23,29)(H,24,25). The number of carbonyl (C=O) groups excluding carboxylic acids is 1. The molecule has 2 aromatic carbocycles. The Balaban J connectivity index is 1.32. The van der Waals surface area contributed by atoms with E-state index in [4.69, 9.17) is 11.6 Å². The maximum absolute atomic E-state index is 12.3. The van der Waals surface area contributed by atoms with Crippen molar-refractivity contribution in [2.75, 3.05) is 11.1 Å². The summed E-state index contributed by atoms with van der Waals surface area (Å²) in [6.45, 7) is 1.92. The van der Waals surface area contributed by atoms with Crippen LogP contribution in [0.2, 0.25) is 5.02 Å². The number of nitrogens with one attached hydrogen (secondary N) is 2. The molecule has 0 saturated carbocycles. The molecule has 0 unspecified atom stereocenters. The summed E-state index contributed by atoms with van der Waals surface area (Å²) in [5.41, 5.74) is 3.64. The van der Waals surface area contributed by atoms with Crippen LogP contribution in [0, 0.1) is 6.92 Å². The molecule has 1 amide bonds. The summed E-state index contributed by atoms with van der Waals surface area (Å²) in [5.74, 6) is 1.89. The average molecular weight is 441 g/mol. The van der Waals surface area contributed by atoms with Crippen molar-refractivity contribution in [3.63, 3.8) is 0 Å². The first-order valence-corrected chi connectivity index (χ1v) is 10.9. The number of hydrogen-bond donors (Lipinski definition) is 2. The van der Waals surface area contributed by atoms with Crippen molar-refractivity contribution in [2.24, 2.45) is 7.05 Å². The molecule has 0 saturated heterocycles. The summed E-state index contributed by atoms with van der Waals surface area (Å²) in [6.07, 6.45) is 1.44. The first kappa shape index (κ1) is 20.4. The molecular formula is C21H21ClN6OS. The van der Waals surface area contributed by atoms with Gasteiger partial charge in [0.05, 0.1) is 16.8 Å².